The number of carbonyl (C=O) groups excluding carboxylic acids is 1. The molecule has 0 bridgehead atoms. The number of thioether (sulfide) groups is 1. The van der Waals surface area contributed by atoms with E-state index in [4.69, 9.17) is 5.11 Å². The number of urea groups is 1. The topological polar surface area (TPSA) is 72.9 Å². The highest BCUT2D eigenvalue weighted by Gasteiger charge is 2.35. The summed E-state index contributed by atoms with van der Waals surface area (Å²) in [5.74, 6) is 1.37. The summed E-state index contributed by atoms with van der Waals surface area (Å²) in [5.41, 5.74) is 0. The molecule has 2 fully saturated rings. The van der Waals surface area contributed by atoms with Crippen molar-refractivity contribution < 1.29 is 14.7 Å². The number of rotatable bonds is 6. The fraction of sp³-hybridized carbons (Fsp3) is 0.857. The van der Waals surface area contributed by atoms with E-state index >= 15 is 0 Å². The molecule has 21 heavy (non-hydrogen) atoms. The van der Waals surface area contributed by atoms with Crippen LogP contribution in [0.3, 0.4) is 0 Å². The summed E-state index contributed by atoms with van der Waals surface area (Å²) in [7, 11) is 1.87. The van der Waals surface area contributed by atoms with Gasteiger partial charge in [0.25, 0.3) is 0 Å². The number of aliphatic carboxylic acids is 1. The second-order valence-corrected chi connectivity index (χ2v) is 7.01. The maximum absolute atomic E-state index is 12.2. The second-order valence-electron chi connectivity index (χ2n) is 5.86. The average Bonchev–Trinajstić information content (AvgIpc) is 2.92. The molecule has 1 unspecified atom stereocenters. The van der Waals surface area contributed by atoms with Crippen LogP contribution in [0.15, 0.2) is 0 Å². The van der Waals surface area contributed by atoms with E-state index in [1.165, 1.54) is 0 Å². The van der Waals surface area contributed by atoms with Crippen LogP contribution in [0.1, 0.15) is 26.2 Å². The van der Waals surface area contributed by atoms with Gasteiger partial charge in [-0.25, -0.2) is 4.79 Å². The highest BCUT2D eigenvalue weighted by atomic mass is 32.2. The smallest absolute Gasteiger partial charge is 0.317 e. The molecule has 0 spiro atoms. The van der Waals surface area contributed by atoms with Gasteiger partial charge in [-0.2, -0.15) is 11.8 Å². The lowest BCUT2D eigenvalue weighted by molar-refractivity contribution is -0.139. The van der Waals surface area contributed by atoms with Crippen LogP contribution in [0.5, 0.6) is 0 Å². The van der Waals surface area contributed by atoms with Crippen LogP contribution in [0.25, 0.3) is 0 Å². The molecule has 0 aromatic carbocycles. The molecule has 0 aromatic rings. The van der Waals surface area contributed by atoms with Gasteiger partial charge >= 0.3 is 12.0 Å². The Morgan fingerprint density at radius 3 is 2.57 bits per heavy atom. The molecule has 2 aliphatic rings. The van der Waals surface area contributed by atoms with Crippen LogP contribution in [-0.4, -0.2) is 76.7 Å². The van der Waals surface area contributed by atoms with E-state index in [1.54, 1.807) is 0 Å². The molecule has 120 valence electrons. The third-order valence-corrected chi connectivity index (χ3v) is 5.62. The van der Waals surface area contributed by atoms with Crippen molar-refractivity contribution in [2.75, 3.05) is 31.6 Å². The van der Waals surface area contributed by atoms with Crippen molar-refractivity contribution in [1.82, 2.24) is 15.1 Å². The van der Waals surface area contributed by atoms with E-state index in [-0.39, 0.29) is 24.7 Å². The number of carboxylic acid groups (broad SMARTS) is 1. The van der Waals surface area contributed by atoms with Crippen molar-refractivity contribution in [1.29, 1.82) is 0 Å². The first-order valence-electron chi connectivity index (χ1n) is 7.58. The number of nitrogens with one attached hydrogen (secondary N) is 1. The maximum atomic E-state index is 12.2. The SMILES string of the molecule is CCN(CC(=O)O)C1CC(NC(=O)N(C)C2CCSC2)C1. The van der Waals surface area contributed by atoms with Gasteiger partial charge in [0.05, 0.1) is 6.54 Å². The number of amides is 2. The third-order valence-electron chi connectivity index (χ3n) is 4.48. The molecule has 0 radical (unpaired) electrons. The van der Waals surface area contributed by atoms with Crippen LogP contribution in [-0.2, 0) is 4.79 Å². The number of carbonyl (C=O) groups is 2. The number of nitrogens with zero attached hydrogens (tertiary/aromatic N) is 2. The highest BCUT2D eigenvalue weighted by molar-refractivity contribution is 7.99. The van der Waals surface area contributed by atoms with Crippen LogP contribution < -0.4 is 5.32 Å². The summed E-state index contributed by atoms with van der Waals surface area (Å²) in [6.07, 6.45) is 2.77. The summed E-state index contributed by atoms with van der Waals surface area (Å²) in [6.45, 7) is 2.79. The summed E-state index contributed by atoms with van der Waals surface area (Å²) < 4.78 is 0. The van der Waals surface area contributed by atoms with E-state index < -0.39 is 5.97 Å². The first-order chi connectivity index (χ1) is 10.0. The van der Waals surface area contributed by atoms with Crippen LogP contribution in [0.4, 0.5) is 4.79 Å². The van der Waals surface area contributed by atoms with Crippen molar-refractivity contribution in [2.45, 2.75) is 44.3 Å². The van der Waals surface area contributed by atoms with Gasteiger partial charge in [-0.3, -0.25) is 9.69 Å². The lowest BCUT2D eigenvalue weighted by atomic mass is 9.85. The highest BCUT2D eigenvalue weighted by Crippen LogP contribution is 2.26. The number of hydrogen-bond acceptors (Lipinski definition) is 4. The Morgan fingerprint density at radius 2 is 2.05 bits per heavy atom. The maximum Gasteiger partial charge on any atom is 0.317 e. The minimum Gasteiger partial charge on any atom is -0.480 e. The fourth-order valence-corrected chi connectivity index (χ4v) is 4.21. The largest absolute Gasteiger partial charge is 0.480 e. The summed E-state index contributed by atoms with van der Waals surface area (Å²) >= 11 is 1.90. The summed E-state index contributed by atoms with van der Waals surface area (Å²) in [6, 6.07) is 0.822. The van der Waals surface area contributed by atoms with Crippen molar-refractivity contribution in [3.05, 3.63) is 0 Å². The fourth-order valence-electron chi connectivity index (χ4n) is 2.95. The van der Waals surface area contributed by atoms with Crippen LogP contribution >= 0.6 is 11.8 Å². The molecule has 1 atom stereocenters. The number of carboxylic acids is 1. The molecule has 2 N–H and O–H groups in total. The zero-order valence-corrected chi connectivity index (χ0v) is 13.6. The Morgan fingerprint density at radius 1 is 1.33 bits per heavy atom. The Labute approximate surface area is 130 Å². The van der Waals surface area contributed by atoms with E-state index in [1.807, 2.05) is 35.5 Å². The van der Waals surface area contributed by atoms with Crippen LogP contribution in [0.2, 0.25) is 0 Å². The van der Waals surface area contributed by atoms with Gasteiger partial charge in [0, 0.05) is 30.9 Å². The molecule has 1 aliphatic heterocycles. The zero-order valence-electron chi connectivity index (χ0n) is 12.7. The molecule has 7 heteroatoms. The molecule has 2 rings (SSSR count). The normalized spacial score (nSPS) is 28.2. The zero-order chi connectivity index (χ0) is 15.4. The van der Waals surface area contributed by atoms with Crippen molar-refractivity contribution in [2.24, 2.45) is 0 Å². The Hall–Kier alpha value is -0.950. The molecule has 1 saturated heterocycles. The first-order valence-corrected chi connectivity index (χ1v) is 8.73. The van der Waals surface area contributed by atoms with Crippen molar-refractivity contribution >= 4 is 23.8 Å². The van der Waals surface area contributed by atoms with Crippen LogP contribution in [0, 0.1) is 0 Å². The third kappa shape index (κ3) is 4.26. The molecule has 1 aliphatic carbocycles. The summed E-state index contributed by atoms with van der Waals surface area (Å²) in [4.78, 5) is 26.7. The number of hydrogen-bond donors (Lipinski definition) is 2. The van der Waals surface area contributed by atoms with Crippen molar-refractivity contribution in [3.63, 3.8) is 0 Å². The van der Waals surface area contributed by atoms with E-state index in [9.17, 15) is 9.59 Å². The Bertz CT molecular complexity index is 382. The van der Waals surface area contributed by atoms with Gasteiger partial charge in [0.1, 0.15) is 0 Å². The van der Waals surface area contributed by atoms with E-state index in [2.05, 4.69) is 5.32 Å². The number of likely N-dealkylation sites (N-methyl/N-ethyl adjacent to an activating group) is 1. The minimum absolute atomic E-state index is 0.00670. The average molecular weight is 315 g/mol. The van der Waals surface area contributed by atoms with Gasteiger partial charge in [-0.15, -0.1) is 0 Å². The van der Waals surface area contributed by atoms with E-state index in [0.717, 1.165) is 37.3 Å². The quantitative estimate of drug-likeness (QED) is 0.767. The minimum atomic E-state index is -0.789. The molecule has 6 nitrogen and oxygen atoms in total. The lowest BCUT2D eigenvalue weighted by Gasteiger charge is -2.42. The van der Waals surface area contributed by atoms with Gasteiger partial charge < -0.3 is 15.3 Å². The first kappa shape index (κ1) is 16.4. The Balaban J connectivity index is 1.71. The van der Waals surface area contributed by atoms with Gasteiger partial charge in [0.2, 0.25) is 0 Å². The predicted molar refractivity (Wildman–Crippen MR) is 83.7 cm³/mol. The van der Waals surface area contributed by atoms with Gasteiger partial charge in [-0.05, 0) is 31.6 Å². The van der Waals surface area contributed by atoms with Crippen molar-refractivity contribution in [3.8, 4) is 0 Å². The lowest BCUT2D eigenvalue weighted by Crippen LogP contribution is -2.57. The van der Waals surface area contributed by atoms with E-state index in [0.29, 0.717) is 6.04 Å². The Kier molecular flexibility index (Phi) is 5.75. The molecular weight excluding hydrogens is 290 g/mol. The van der Waals surface area contributed by atoms with Gasteiger partial charge in [-0.1, -0.05) is 6.92 Å². The molecule has 2 amide bonds. The second kappa shape index (κ2) is 7.35. The molecule has 1 saturated carbocycles. The predicted octanol–water partition coefficient (Wildman–Crippen LogP) is 1.07. The molecule has 0 aromatic heterocycles. The van der Waals surface area contributed by atoms with Gasteiger partial charge in [0.15, 0.2) is 0 Å². The summed E-state index contributed by atoms with van der Waals surface area (Å²) in [5, 5.41) is 11.9. The molecular formula is C14H25N3O3S. The molecule has 1 heterocycles. The standard InChI is InChI=1S/C14H25N3O3S/c1-3-17(8-13(18)19)12-6-10(7-12)15-14(20)16(2)11-4-5-21-9-11/h10-12H,3-9H2,1-2H3,(H,15,20)(H,18,19). The monoisotopic (exact) mass is 315 g/mol.